The predicted molar refractivity (Wildman–Crippen MR) is 66.1 cm³/mol. The lowest BCUT2D eigenvalue weighted by atomic mass is 10.0. The Morgan fingerprint density at radius 3 is 2.31 bits per heavy atom. The minimum absolute atomic E-state index is 0.0506. The number of rotatable bonds is 1. The number of fused-ring (bicyclic) bond motifs is 2. The Kier molecular flexibility index (Phi) is 3.59. The van der Waals surface area contributed by atoms with Crippen LogP contribution in [0.1, 0.15) is 19.8 Å². The number of alkyl halides is 2. The van der Waals surface area contributed by atoms with E-state index >= 15 is 0 Å². The molecule has 2 heterocycles. The normalized spacial score (nSPS) is 37.7. The number of carbonyl (C=O) groups excluding carboxylic acids is 2. The van der Waals surface area contributed by atoms with Crippen molar-refractivity contribution >= 4 is 43.7 Å². The fourth-order valence-corrected chi connectivity index (χ4v) is 4.40. The van der Waals surface area contributed by atoms with Crippen LogP contribution in [0.4, 0.5) is 4.79 Å². The summed E-state index contributed by atoms with van der Waals surface area (Å²) in [6.07, 6.45) is 1.40. The first-order valence-electron chi connectivity index (χ1n) is 5.35. The molecule has 2 aliphatic heterocycles. The van der Waals surface area contributed by atoms with Crippen molar-refractivity contribution in [2.75, 3.05) is 6.61 Å². The van der Waals surface area contributed by atoms with Crippen LogP contribution in [0.5, 0.6) is 0 Å². The number of ketones is 1. The van der Waals surface area contributed by atoms with Gasteiger partial charge in [-0.25, -0.2) is 4.79 Å². The Bertz CT molecular complexity index is 303. The lowest BCUT2D eigenvalue weighted by molar-refractivity contribution is -0.121. The zero-order chi connectivity index (χ0) is 11.9. The molecule has 2 fully saturated rings. The average Bonchev–Trinajstić information content (AvgIpc) is 2.66. The minimum Gasteiger partial charge on any atom is -0.450 e. The van der Waals surface area contributed by atoms with Crippen molar-refractivity contribution in [3.63, 3.8) is 0 Å². The van der Waals surface area contributed by atoms with Crippen molar-refractivity contribution < 1.29 is 14.3 Å². The monoisotopic (exact) mass is 353 g/mol. The first-order chi connectivity index (χ1) is 7.57. The van der Waals surface area contributed by atoms with Gasteiger partial charge in [0.1, 0.15) is 0 Å². The molecule has 90 valence electrons. The van der Waals surface area contributed by atoms with Crippen LogP contribution in [-0.4, -0.2) is 45.1 Å². The third kappa shape index (κ3) is 1.79. The van der Waals surface area contributed by atoms with Gasteiger partial charge >= 0.3 is 6.09 Å². The van der Waals surface area contributed by atoms with Crippen molar-refractivity contribution in [1.29, 1.82) is 0 Å². The summed E-state index contributed by atoms with van der Waals surface area (Å²) in [5, 5.41) is 0. The first kappa shape index (κ1) is 12.4. The summed E-state index contributed by atoms with van der Waals surface area (Å²) in [7, 11) is 0. The smallest absolute Gasteiger partial charge is 0.410 e. The summed E-state index contributed by atoms with van der Waals surface area (Å²) in [6.45, 7) is 2.15. The third-order valence-corrected chi connectivity index (χ3v) is 5.29. The molecule has 0 aliphatic carbocycles. The Morgan fingerprint density at radius 1 is 1.38 bits per heavy atom. The minimum atomic E-state index is -0.309. The third-order valence-electron chi connectivity index (χ3n) is 3.17. The van der Waals surface area contributed by atoms with Gasteiger partial charge in [0.25, 0.3) is 0 Å². The van der Waals surface area contributed by atoms with Gasteiger partial charge in [-0.1, -0.05) is 31.9 Å². The molecule has 4 atom stereocenters. The van der Waals surface area contributed by atoms with Crippen LogP contribution in [0.25, 0.3) is 0 Å². The number of Topliss-reactive ketones (excluding diaryl/α,β-unsaturated/α-hetero) is 1. The van der Waals surface area contributed by atoms with Gasteiger partial charge in [-0.3, -0.25) is 9.69 Å². The van der Waals surface area contributed by atoms with Crippen LogP contribution in [0.3, 0.4) is 0 Å². The topological polar surface area (TPSA) is 46.6 Å². The number of nitrogens with zero attached hydrogens (tertiary/aromatic N) is 1. The van der Waals surface area contributed by atoms with Crippen LogP contribution in [-0.2, 0) is 9.53 Å². The van der Waals surface area contributed by atoms with Crippen LogP contribution >= 0.6 is 31.9 Å². The number of amides is 1. The lowest BCUT2D eigenvalue weighted by Gasteiger charge is -2.38. The van der Waals surface area contributed by atoms with E-state index in [1.165, 1.54) is 0 Å². The van der Waals surface area contributed by atoms with E-state index in [1.807, 2.05) is 0 Å². The SMILES string of the molecule is CCOC(=O)N1C2CCC1[C@@H](Br)C(=O)[C@H]2Br. The molecule has 0 saturated carbocycles. The molecule has 0 aromatic rings. The summed E-state index contributed by atoms with van der Waals surface area (Å²) in [6, 6.07) is -0.101. The van der Waals surface area contributed by atoms with Crippen molar-refractivity contribution in [2.24, 2.45) is 0 Å². The van der Waals surface area contributed by atoms with E-state index < -0.39 is 0 Å². The van der Waals surface area contributed by atoms with Gasteiger partial charge in [0.2, 0.25) is 0 Å². The molecule has 0 aromatic heterocycles. The molecule has 0 spiro atoms. The molecule has 16 heavy (non-hydrogen) atoms. The number of piperidine rings is 1. The Balaban J connectivity index is 2.22. The zero-order valence-corrected chi connectivity index (χ0v) is 12.0. The molecule has 1 amide bonds. The van der Waals surface area contributed by atoms with Gasteiger partial charge < -0.3 is 4.74 Å². The van der Waals surface area contributed by atoms with Crippen molar-refractivity contribution in [3.8, 4) is 0 Å². The fraction of sp³-hybridized carbons (Fsp3) is 0.800. The highest BCUT2D eigenvalue weighted by molar-refractivity contribution is 9.10. The highest BCUT2D eigenvalue weighted by Crippen LogP contribution is 2.40. The molecule has 2 unspecified atom stereocenters. The molecule has 2 aliphatic rings. The van der Waals surface area contributed by atoms with Crippen LogP contribution in [0.15, 0.2) is 0 Å². The standard InChI is InChI=1S/C10H13Br2NO3/c1-2-16-10(15)13-5-3-4-6(13)8(12)9(14)7(5)11/h5-8H,2-4H2,1H3/t5?,6?,7-,8+. The average molecular weight is 355 g/mol. The number of carbonyl (C=O) groups is 2. The van der Waals surface area contributed by atoms with E-state index in [0.717, 1.165) is 12.8 Å². The summed E-state index contributed by atoms with van der Waals surface area (Å²) in [5.41, 5.74) is 0. The van der Waals surface area contributed by atoms with Crippen molar-refractivity contribution in [1.82, 2.24) is 4.90 Å². The molecule has 4 nitrogen and oxygen atoms in total. The second-order valence-corrected chi connectivity index (χ2v) is 6.00. The number of ether oxygens (including phenoxy) is 1. The predicted octanol–water partition coefficient (Wildman–Crippen LogP) is 2.09. The molecule has 0 aromatic carbocycles. The van der Waals surface area contributed by atoms with Gasteiger partial charge in [0, 0.05) is 0 Å². The Labute approximate surface area is 111 Å². The van der Waals surface area contributed by atoms with Gasteiger partial charge in [0.05, 0.1) is 28.3 Å². The molecular formula is C10H13Br2NO3. The zero-order valence-electron chi connectivity index (χ0n) is 8.86. The maximum atomic E-state index is 11.8. The quantitative estimate of drug-likeness (QED) is 0.677. The number of hydrogen-bond acceptors (Lipinski definition) is 3. The van der Waals surface area contributed by atoms with E-state index in [1.54, 1.807) is 11.8 Å². The molecule has 2 rings (SSSR count). The molecule has 2 saturated heterocycles. The van der Waals surface area contributed by atoms with Crippen LogP contribution in [0.2, 0.25) is 0 Å². The second-order valence-electron chi connectivity index (χ2n) is 4.02. The van der Waals surface area contributed by atoms with Crippen LogP contribution in [0, 0.1) is 0 Å². The van der Waals surface area contributed by atoms with E-state index in [-0.39, 0.29) is 33.6 Å². The van der Waals surface area contributed by atoms with Gasteiger partial charge in [0.15, 0.2) is 5.78 Å². The highest BCUT2D eigenvalue weighted by Gasteiger charge is 2.53. The van der Waals surface area contributed by atoms with E-state index in [0.29, 0.717) is 6.61 Å². The van der Waals surface area contributed by atoms with E-state index in [2.05, 4.69) is 31.9 Å². The van der Waals surface area contributed by atoms with Gasteiger partial charge in [-0.05, 0) is 19.8 Å². The van der Waals surface area contributed by atoms with Crippen molar-refractivity contribution in [3.05, 3.63) is 0 Å². The second kappa shape index (κ2) is 4.64. The Hall–Kier alpha value is -0.100. The Morgan fingerprint density at radius 2 is 1.88 bits per heavy atom. The van der Waals surface area contributed by atoms with Gasteiger partial charge in [-0.2, -0.15) is 0 Å². The largest absolute Gasteiger partial charge is 0.450 e. The highest BCUT2D eigenvalue weighted by atomic mass is 79.9. The molecule has 0 radical (unpaired) electrons. The van der Waals surface area contributed by atoms with Gasteiger partial charge in [-0.15, -0.1) is 0 Å². The summed E-state index contributed by atoms with van der Waals surface area (Å²) in [5.74, 6) is 0.132. The molecule has 2 bridgehead atoms. The molecule has 6 heteroatoms. The fourth-order valence-electron chi connectivity index (χ4n) is 2.44. The summed E-state index contributed by atoms with van der Waals surface area (Å²) < 4.78 is 5.03. The summed E-state index contributed by atoms with van der Waals surface area (Å²) >= 11 is 6.76. The maximum absolute atomic E-state index is 11.8. The molecule has 0 N–H and O–H groups in total. The van der Waals surface area contributed by atoms with Crippen LogP contribution < -0.4 is 0 Å². The number of halogens is 2. The number of hydrogen-bond donors (Lipinski definition) is 0. The van der Waals surface area contributed by atoms with E-state index in [4.69, 9.17) is 4.74 Å². The lowest BCUT2D eigenvalue weighted by Crippen LogP contribution is -2.58. The van der Waals surface area contributed by atoms with Crippen molar-refractivity contribution in [2.45, 2.75) is 41.5 Å². The summed E-state index contributed by atoms with van der Waals surface area (Å²) in [4.78, 5) is 24.8. The maximum Gasteiger partial charge on any atom is 0.410 e. The molecular weight excluding hydrogens is 342 g/mol. The first-order valence-corrected chi connectivity index (χ1v) is 7.18. The van der Waals surface area contributed by atoms with E-state index in [9.17, 15) is 9.59 Å².